The lowest BCUT2D eigenvalue weighted by Crippen LogP contribution is -2.36. The third kappa shape index (κ3) is 4.33. The molecule has 1 aromatic carbocycles. The van der Waals surface area contributed by atoms with E-state index in [1.165, 1.54) is 5.56 Å². The molecule has 84 valence electrons. The van der Waals surface area contributed by atoms with Crippen LogP contribution in [0.15, 0.2) is 28.7 Å². The Labute approximate surface area is 100 Å². The SMILES string of the molecule is COC(C)C(C)NCc1cccc(Br)c1. The van der Waals surface area contributed by atoms with E-state index >= 15 is 0 Å². The van der Waals surface area contributed by atoms with Crippen LogP contribution in [0.1, 0.15) is 19.4 Å². The van der Waals surface area contributed by atoms with Crippen LogP contribution in [0.2, 0.25) is 0 Å². The van der Waals surface area contributed by atoms with Crippen molar-refractivity contribution in [1.29, 1.82) is 0 Å². The van der Waals surface area contributed by atoms with Gasteiger partial charge in [0.05, 0.1) is 6.10 Å². The average molecular weight is 272 g/mol. The van der Waals surface area contributed by atoms with Gasteiger partial charge in [-0.15, -0.1) is 0 Å². The van der Waals surface area contributed by atoms with Crippen LogP contribution in [0.4, 0.5) is 0 Å². The predicted molar refractivity (Wildman–Crippen MR) is 66.9 cm³/mol. The van der Waals surface area contributed by atoms with E-state index in [1.54, 1.807) is 7.11 Å². The fraction of sp³-hybridized carbons (Fsp3) is 0.500. The van der Waals surface area contributed by atoms with Crippen molar-refractivity contribution < 1.29 is 4.74 Å². The molecule has 1 rings (SSSR count). The number of ether oxygens (including phenoxy) is 1. The molecule has 0 saturated carbocycles. The molecule has 0 bridgehead atoms. The summed E-state index contributed by atoms with van der Waals surface area (Å²) in [5.74, 6) is 0. The van der Waals surface area contributed by atoms with E-state index < -0.39 is 0 Å². The molecule has 0 aliphatic carbocycles. The maximum atomic E-state index is 5.25. The van der Waals surface area contributed by atoms with Gasteiger partial charge in [-0.2, -0.15) is 0 Å². The lowest BCUT2D eigenvalue weighted by molar-refractivity contribution is 0.0882. The van der Waals surface area contributed by atoms with E-state index in [1.807, 2.05) is 12.1 Å². The van der Waals surface area contributed by atoms with Crippen molar-refractivity contribution in [2.24, 2.45) is 0 Å². The van der Waals surface area contributed by atoms with Crippen LogP contribution in [-0.4, -0.2) is 19.3 Å². The van der Waals surface area contributed by atoms with Crippen molar-refractivity contribution in [2.75, 3.05) is 7.11 Å². The Bertz CT molecular complexity index is 303. The number of rotatable bonds is 5. The Morgan fingerprint density at radius 1 is 1.40 bits per heavy atom. The molecule has 0 radical (unpaired) electrons. The van der Waals surface area contributed by atoms with E-state index in [-0.39, 0.29) is 6.10 Å². The maximum absolute atomic E-state index is 5.25. The molecule has 0 spiro atoms. The Kier molecular flexibility index (Phi) is 5.29. The van der Waals surface area contributed by atoms with Gasteiger partial charge in [0.2, 0.25) is 0 Å². The van der Waals surface area contributed by atoms with Gasteiger partial charge < -0.3 is 10.1 Å². The molecule has 2 nitrogen and oxygen atoms in total. The Morgan fingerprint density at radius 3 is 2.73 bits per heavy atom. The summed E-state index contributed by atoms with van der Waals surface area (Å²) >= 11 is 3.46. The van der Waals surface area contributed by atoms with Gasteiger partial charge in [0.15, 0.2) is 0 Å². The highest BCUT2D eigenvalue weighted by Crippen LogP contribution is 2.11. The minimum absolute atomic E-state index is 0.233. The summed E-state index contributed by atoms with van der Waals surface area (Å²) in [5.41, 5.74) is 1.28. The maximum Gasteiger partial charge on any atom is 0.0693 e. The number of nitrogens with one attached hydrogen (secondary N) is 1. The topological polar surface area (TPSA) is 21.3 Å². The summed E-state index contributed by atoms with van der Waals surface area (Å²) in [6.45, 7) is 5.07. The molecule has 0 aliphatic rings. The smallest absolute Gasteiger partial charge is 0.0693 e. The van der Waals surface area contributed by atoms with Gasteiger partial charge in [-0.05, 0) is 31.5 Å². The second-order valence-corrected chi connectivity index (χ2v) is 4.66. The Hall–Kier alpha value is -0.380. The average Bonchev–Trinajstić information content (AvgIpc) is 2.25. The molecule has 0 aromatic heterocycles. The van der Waals surface area contributed by atoms with E-state index in [2.05, 4.69) is 47.2 Å². The van der Waals surface area contributed by atoms with Gasteiger partial charge in [-0.1, -0.05) is 28.1 Å². The summed E-state index contributed by atoms with van der Waals surface area (Å²) in [4.78, 5) is 0. The summed E-state index contributed by atoms with van der Waals surface area (Å²) in [5, 5.41) is 3.43. The van der Waals surface area contributed by atoms with E-state index in [4.69, 9.17) is 4.74 Å². The Balaban J connectivity index is 2.43. The second kappa shape index (κ2) is 6.26. The van der Waals surface area contributed by atoms with Crippen molar-refractivity contribution >= 4 is 15.9 Å². The molecule has 3 heteroatoms. The molecule has 0 aliphatic heterocycles. The fourth-order valence-electron chi connectivity index (χ4n) is 1.30. The van der Waals surface area contributed by atoms with Crippen LogP contribution in [0.3, 0.4) is 0 Å². The Morgan fingerprint density at radius 2 is 2.13 bits per heavy atom. The molecule has 2 atom stereocenters. The zero-order valence-corrected chi connectivity index (χ0v) is 11.0. The first-order chi connectivity index (χ1) is 7.13. The van der Waals surface area contributed by atoms with Gasteiger partial charge in [-0.25, -0.2) is 0 Å². The standard InChI is InChI=1S/C12H18BrNO/c1-9(10(2)15-3)14-8-11-5-4-6-12(13)7-11/h4-7,9-10,14H,8H2,1-3H3. The van der Waals surface area contributed by atoms with Crippen LogP contribution in [0.5, 0.6) is 0 Å². The number of benzene rings is 1. The van der Waals surface area contributed by atoms with Gasteiger partial charge in [0.25, 0.3) is 0 Å². The molecule has 1 N–H and O–H groups in total. The zero-order valence-electron chi connectivity index (χ0n) is 9.46. The van der Waals surface area contributed by atoms with E-state index in [9.17, 15) is 0 Å². The lowest BCUT2D eigenvalue weighted by Gasteiger charge is -2.19. The van der Waals surface area contributed by atoms with Crippen molar-refractivity contribution in [3.63, 3.8) is 0 Å². The molecular weight excluding hydrogens is 254 g/mol. The van der Waals surface area contributed by atoms with Crippen molar-refractivity contribution in [3.8, 4) is 0 Å². The van der Waals surface area contributed by atoms with Gasteiger partial charge >= 0.3 is 0 Å². The van der Waals surface area contributed by atoms with Crippen LogP contribution in [0, 0.1) is 0 Å². The van der Waals surface area contributed by atoms with E-state index in [0.29, 0.717) is 6.04 Å². The summed E-state index contributed by atoms with van der Waals surface area (Å²) in [6, 6.07) is 8.67. The van der Waals surface area contributed by atoms with Crippen LogP contribution in [0.25, 0.3) is 0 Å². The molecule has 2 unspecified atom stereocenters. The van der Waals surface area contributed by atoms with Crippen molar-refractivity contribution in [2.45, 2.75) is 32.5 Å². The molecule has 0 amide bonds. The zero-order chi connectivity index (χ0) is 11.3. The molecule has 0 saturated heterocycles. The number of methoxy groups -OCH3 is 1. The number of halogens is 1. The second-order valence-electron chi connectivity index (χ2n) is 3.74. The summed E-state index contributed by atoms with van der Waals surface area (Å²) < 4.78 is 6.37. The monoisotopic (exact) mass is 271 g/mol. The normalized spacial score (nSPS) is 14.9. The first-order valence-electron chi connectivity index (χ1n) is 5.14. The van der Waals surface area contributed by atoms with Crippen molar-refractivity contribution in [1.82, 2.24) is 5.32 Å². The first-order valence-corrected chi connectivity index (χ1v) is 5.93. The van der Waals surface area contributed by atoms with Gasteiger partial charge in [0.1, 0.15) is 0 Å². The molecule has 15 heavy (non-hydrogen) atoms. The number of hydrogen-bond donors (Lipinski definition) is 1. The molecule has 1 aromatic rings. The largest absolute Gasteiger partial charge is 0.380 e. The lowest BCUT2D eigenvalue weighted by atomic mass is 10.2. The third-order valence-corrected chi connectivity index (χ3v) is 3.09. The van der Waals surface area contributed by atoms with Crippen LogP contribution < -0.4 is 5.32 Å². The molecular formula is C12H18BrNO. The summed E-state index contributed by atoms with van der Waals surface area (Å²) in [7, 11) is 1.74. The highest BCUT2D eigenvalue weighted by atomic mass is 79.9. The summed E-state index contributed by atoms with van der Waals surface area (Å²) in [6.07, 6.45) is 0.233. The third-order valence-electron chi connectivity index (χ3n) is 2.59. The minimum atomic E-state index is 0.233. The van der Waals surface area contributed by atoms with Crippen LogP contribution in [-0.2, 0) is 11.3 Å². The van der Waals surface area contributed by atoms with E-state index in [0.717, 1.165) is 11.0 Å². The highest BCUT2D eigenvalue weighted by molar-refractivity contribution is 9.10. The quantitative estimate of drug-likeness (QED) is 0.889. The van der Waals surface area contributed by atoms with Gasteiger partial charge in [0, 0.05) is 24.2 Å². The molecule has 0 heterocycles. The highest BCUT2D eigenvalue weighted by Gasteiger charge is 2.09. The van der Waals surface area contributed by atoms with Crippen LogP contribution >= 0.6 is 15.9 Å². The molecule has 0 fully saturated rings. The number of hydrogen-bond acceptors (Lipinski definition) is 2. The van der Waals surface area contributed by atoms with Gasteiger partial charge in [-0.3, -0.25) is 0 Å². The van der Waals surface area contributed by atoms with Crippen molar-refractivity contribution in [3.05, 3.63) is 34.3 Å². The minimum Gasteiger partial charge on any atom is -0.380 e. The fourth-order valence-corrected chi connectivity index (χ4v) is 1.74. The predicted octanol–water partition coefficient (Wildman–Crippen LogP) is 2.96. The first kappa shape index (κ1) is 12.7.